The maximum atomic E-state index is 13.0. The van der Waals surface area contributed by atoms with Crippen molar-refractivity contribution in [2.24, 2.45) is 50.7 Å². The second-order valence-electron chi connectivity index (χ2n) is 16.9. The van der Waals surface area contributed by atoms with Crippen LogP contribution in [0.25, 0.3) is 6.08 Å². The standard InChI is InChI=1S/C39H56O4/c1-25(2)9-8-10-26(3)28-17-19-37(7)32-15-14-31-35(4,5)33(18-20-38(31)24-39(32,38)22-21-36(28,37)6)43-34(42)16-12-27-11-13-29(40)30(41)23-27/h9,11-13,16,23,26,28,31-33,40-41H,8,10,14-15,17-22,24H2,1-7H3/t26-,28-,31+,32+,33+,36-,37+,38-,39+/m1/s1. The second kappa shape index (κ2) is 10.4. The summed E-state index contributed by atoms with van der Waals surface area (Å²) < 4.78 is 6.18. The molecule has 1 aromatic carbocycles. The Morgan fingerprint density at radius 3 is 2.37 bits per heavy atom. The first-order valence-corrected chi connectivity index (χ1v) is 17.2. The highest BCUT2D eigenvalue weighted by Gasteiger charge is 2.82. The number of esters is 1. The molecule has 1 aromatic rings. The van der Waals surface area contributed by atoms with Gasteiger partial charge in [-0.1, -0.05) is 52.3 Å². The number of carbonyl (C=O) groups is 1. The predicted molar refractivity (Wildman–Crippen MR) is 173 cm³/mol. The van der Waals surface area contributed by atoms with Gasteiger partial charge in [0.25, 0.3) is 0 Å². The average molecular weight is 589 g/mol. The molecule has 0 saturated heterocycles. The van der Waals surface area contributed by atoms with Crippen molar-refractivity contribution in [1.29, 1.82) is 0 Å². The largest absolute Gasteiger partial charge is 0.504 e. The van der Waals surface area contributed by atoms with E-state index in [2.05, 4.69) is 54.5 Å². The Bertz CT molecular complexity index is 1320. The van der Waals surface area contributed by atoms with Crippen LogP contribution in [0.15, 0.2) is 35.9 Å². The SMILES string of the molecule is CC(C)=CCC[C@@H](C)[C@H]1CC[C@@]2(C)[C@@H]3CC[C@H]4C(C)(C)[C@@H](OC(=O)C=Cc5ccc(O)c(O)c5)CC[C@@]45C[C@@]35CC[C@]12C. The van der Waals surface area contributed by atoms with Gasteiger partial charge in [0.1, 0.15) is 6.10 Å². The number of ether oxygens (including phenoxy) is 1. The number of carbonyl (C=O) groups excluding carboxylic acids is 1. The molecule has 0 heterocycles. The van der Waals surface area contributed by atoms with Crippen molar-refractivity contribution in [3.8, 4) is 11.5 Å². The monoisotopic (exact) mass is 588 g/mol. The van der Waals surface area contributed by atoms with E-state index in [0.717, 1.165) is 24.2 Å². The lowest BCUT2D eigenvalue weighted by molar-refractivity contribution is -0.179. The van der Waals surface area contributed by atoms with E-state index in [9.17, 15) is 15.0 Å². The lowest BCUT2D eigenvalue weighted by atomic mass is 9.41. The van der Waals surface area contributed by atoms with Crippen LogP contribution < -0.4 is 0 Å². The zero-order valence-corrected chi connectivity index (χ0v) is 27.8. The predicted octanol–water partition coefficient (Wildman–Crippen LogP) is 9.84. The highest BCUT2D eigenvalue weighted by atomic mass is 16.5. The summed E-state index contributed by atoms with van der Waals surface area (Å²) in [6.07, 6.45) is 19.8. The van der Waals surface area contributed by atoms with Crippen molar-refractivity contribution in [3.63, 3.8) is 0 Å². The number of benzene rings is 1. The molecule has 5 aliphatic rings. The molecule has 5 saturated carbocycles. The quantitative estimate of drug-likeness (QED) is 0.144. The lowest BCUT2D eigenvalue weighted by Gasteiger charge is -2.63. The topological polar surface area (TPSA) is 66.8 Å². The van der Waals surface area contributed by atoms with Crippen LogP contribution >= 0.6 is 0 Å². The van der Waals surface area contributed by atoms with Gasteiger partial charge in [-0.15, -0.1) is 0 Å². The first-order valence-electron chi connectivity index (χ1n) is 17.2. The van der Waals surface area contributed by atoms with Crippen molar-refractivity contribution in [1.82, 2.24) is 0 Å². The molecule has 43 heavy (non-hydrogen) atoms. The average Bonchev–Trinajstić information content (AvgIpc) is 3.52. The van der Waals surface area contributed by atoms with E-state index < -0.39 is 0 Å². The second-order valence-corrected chi connectivity index (χ2v) is 16.9. The minimum absolute atomic E-state index is 0.0493. The highest BCUT2D eigenvalue weighted by molar-refractivity contribution is 5.87. The van der Waals surface area contributed by atoms with Crippen LogP contribution in [-0.4, -0.2) is 22.3 Å². The normalized spacial score (nSPS) is 41.4. The molecule has 0 amide bonds. The maximum absolute atomic E-state index is 13.0. The molecule has 5 fully saturated rings. The summed E-state index contributed by atoms with van der Waals surface area (Å²) in [5.74, 6) is 2.40. The van der Waals surface area contributed by atoms with Crippen molar-refractivity contribution in [2.75, 3.05) is 0 Å². The van der Waals surface area contributed by atoms with Gasteiger partial charge in [-0.3, -0.25) is 0 Å². The number of phenols is 2. The molecule has 6 rings (SSSR count). The molecule has 236 valence electrons. The van der Waals surface area contributed by atoms with E-state index in [1.165, 1.54) is 88.0 Å². The fourth-order valence-corrected chi connectivity index (χ4v) is 12.3. The van der Waals surface area contributed by atoms with Crippen LogP contribution in [0.2, 0.25) is 0 Å². The van der Waals surface area contributed by atoms with Crippen molar-refractivity contribution in [3.05, 3.63) is 41.5 Å². The summed E-state index contributed by atoms with van der Waals surface area (Å²) in [4.78, 5) is 13.0. The van der Waals surface area contributed by atoms with Crippen LogP contribution in [0.1, 0.15) is 125 Å². The van der Waals surface area contributed by atoms with Gasteiger partial charge < -0.3 is 14.9 Å². The molecule has 0 aliphatic heterocycles. The Hall–Kier alpha value is -2.23. The third-order valence-corrected chi connectivity index (χ3v) is 14.6. The van der Waals surface area contributed by atoms with E-state index in [1.54, 1.807) is 12.1 Å². The molecular formula is C39H56O4. The molecule has 4 heteroatoms. The first kappa shape index (κ1) is 30.8. The first-order chi connectivity index (χ1) is 20.2. The minimum atomic E-state index is -0.322. The molecule has 0 unspecified atom stereocenters. The zero-order chi connectivity index (χ0) is 31.0. The van der Waals surface area contributed by atoms with Crippen LogP contribution in [0.4, 0.5) is 0 Å². The fraction of sp³-hybridized carbons (Fsp3) is 0.718. The summed E-state index contributed by atoms with van der Waals surface area (Å²) in [5.41, 5.74) is 3.87. The Kier molecular flexibility index (Phi) is 7.45. The van der Waals surface area contributed by atoms with Gasteiger partial charge >= 0.3 is 5.97 Å². The number of phenolic OH excluding ortho intramolecular Hbond substituents is 2. The van der Waals surface area contributed by atoms with Crippen molar-refractivity contribution >= 4 is 12.0 Å². The molecule has 4 nitrogen and oxygen atoms in total. The highest BCUT2D eigenvalue weighted by Crippen LogP contribution is 2.89. The Labute approximate surface area is 260 Å². The summed E-state index contributed by atoms with van der Waals surface area (Å²) in [5, 5.41) is 19.3. The Morgan fingerprint density at radius 1 is 0.930 bits per heavy atom. The molecule has 2 spiro atoms. The Morgan fingerprint density at radius 2 is 1.65 bits per heavy atom. The van der Waals surface area contributed by atoms with Gasteiger partial charge in [0.05, 0.1) is 0 Å². The van der Waals surface area contributed by atoms with Crippen LogP contribution in [0.5, 0.6) is 11.5 Å². The summed E-state index contributed by atoms with van der Waals surface area (Å²) in [6.45, 7) is 17.2. The number of hydrogen-bond donors (Lipinski definition) is 2. The molecule has 0 aromatic heterocycles. The molecule has 0 radical (unpaired) electrons. The van der Waals surface area contributed by atoms with Crippen molar-refractivity contribution in [2.45, 2.75) is 125 Å². The minimum Gasteiger partial charge on any atom is -0.504 e. The summed E-state index contributed by atoms with van der Waals surface area (Å²) in [7, 11) is 0. The Balaban J connectivity index is 1.16. The van der Waals surface area contributed by atoms with E-state index >= 15 is 0 Å². The molecular weight excluding hydrogens is 532 g/mol. The third kappa shape index (κ3) is 4.54. The van der Waals surface area contributed by atoms with Gasteiger partial charge in [-0.05, 0) is 154 Å². The van der Waals surface area contributed by atoms with Crippen LogP contribution in [0, 0.1) is 50.7 Å². The smallest absolute Gasteiger partial charge is 0.331 e. The molecule has 0 bridgehead atoms. The van der Waals surface area contributed by atoms with Gasteiger partial charge in [0.2, 0.25) is 0 Å². The van der Waals surface area contributed by atoms with E-state index in [-0.39, 0.29) is 29.0 Å². The number of allylic oxidation sites excluding steroid dienone is 2. The van der Waals surface area contributed by atoms with E-state index in [4.69, 9.17) is 4.74 Å². The third-order valence-electron chi connectivity index (χ3n) is 14.6. The molecule has 5 aliphatic carbocycles. The van der Waals surface area contributed by atoms with Crippen LogP contribution in [-0.2, 0) is 9.53 Å². The van der Waals surface area contributed by atoms with Gasteiger partial charge in [0, 0.05) is 11.5 Å². The van der Waals surface area contributed by atoms with Gasteiger partial charge in [-0.25, -0.2) is 4.79 Å². The molecule has 2 N–H and O–H groups in total. The van der Waals surface area contributed by atoms with Crippen molar-refractivity contribution < 1.29 is 19.7 Å². The summed E-state index contributed by atoms with van der Waals surface area (Å²) >= 11 is 0. The number of fused-ring (bicyclic) bond motifs is 2. The van der Waals surface area contributed by atoms with E-state index in [0.29, 0.717) is 33.1 Å². The fourth-order valence-electron chi connectivity index (χ4n) is 12.3. The van der Waals surface area contributed by atoms with Gasteiger partial charge in [-0.2, -0.15) is 0 Å². The number of aromatic hydroxyl groups is 2. The lowest BCUT2D eigenvalue weighted by Crippen LogP contribution is -2.58. The van der Waals surface area contributed by atoms with Crippen LogP contribution in [0.3, 0.4) is 0 Å². The van der Waals surface area contributed by atoms with Gasteiger partial charge in [0.15, 0.2) is 11.5 Å². The maximum Gasteiger partial charge on any atom is 0.331 e. The summed E-state index contributed by atoms with van der Waals surface area (Å²) in [6, 6.07) is 4.55. The number of hydrogen-bond acceptors (Lipinski definition) is 4. The molecule has 9 atom stereocenters. The number of rotatable bonds is 7. The zero-order valence-electron chi connectivity index (χ0n) is 27.8. The van der Waals surface area contributed by atoms with E-state index in [1.807, 2.05) is 0 Å².